The second-order valence-electron chi connectivity index (χ2n) is 5.19. The van der Waals surface area contributed by atoms with Crippen molar-refractivity contribution in [2.45, 2.75) is 12.5 Å². The van der Waals surface area contributed by atoms with Crippen molar-refractivity contribution >= 4 is 43.8 Å². The molecular weight excluding hydrogens is 306 g/mol. The molecule has 7 heteroatoms. The van der Waals surface area contributed by atoms with Crippen molar-refractivity contribution in [1.82, 2.24) is 4.98 Å². The number of aromatic nitrogens is 1. The summed E-state index contributed by atoms with van der Waals surface area (Å²) in [5.74, 6) is 0.891. The van der Waals surface area contributed by atoms with Crippen LogP contribution in [0.15, 0.2) is 30.3 Å². The highest BCUT2D eigenvalue weighted by atomic mass is 32.2. The van der Waals surface area contributed by atoms with Crippen LogP contribution in [0.25, 0.3) is 10.9 Å². The third kappa shape index (κ3) is 2.98. The van der Waals surface area contributed by atoms with E-state index in [2.05, 4.69) is 10.3 Å². The van der Waals surface area contributed by atoms with Crippen molar-refractivity contribution in [2.75, 3.05) is 16.8 Å². The van der Waals surface area contributed by atoms with Crippen molar-refractivity contribution in [3.63, 3.8) is 0 Å². The summed E-state index contributed by atoms with van der Waals surface area (Å²) in [7, 11) is -2.95. The minimum absolute atomic E-state index is 0.123. The van der Waals surface area contributed by atoms with Gasteiger partial charge in [-0.2, -0.15) is 0 Å². The summed E-state index contributed by atoms with van der Waals surface area (Å²) in [6.07, 6.45) is 0.577. The summed E-state index contributed by atoms with van der Waals surface area (Å²) < 4.78 is 23.1. The number of para-hydroxylation sites is 1. The number of pyridine rings is 1. The van der Waals surface area contributed by atoms with Crippen LogP contribution in [0.3, 0.4) is 0 Å². The number of benzene rings is 1. The van der Waals surface area contributed by atoms with Gasteiger partial charge in [-0.1, -0.05) is 30.4 Å². The van der Waals surface area contributed by atoms with E-state index < -0.39 is 9.84 Å². The van der Waals surface area contributed by atoms with E-state index >= 15 is 0 Å². The van der Waals surface area contributed by atoms with Gasteiger partial charge in [0.05, 0.1) is 22.6 Å². The quantitative estimate of drug-likeness (QED) is 0.833. The molecule has 1 aromatic carbocycles. The molecule has 2 heterocycles. The molecular formula is C14H15N3O2S2. The molecule has 0 saturated carbocycles. The first kappa shape index (κ1) is 14.2. The zero-order valence-electron chi connectivity index (χ0n) is 11.2. The summed E-state index contributed by atoms with van der Waals surface area (Å²) in [4.78, 5) is 4.78. The maximum absolute atomic E-state index is 11.6. The van der Waals surface area contributed by atoms with Gasteiger partial charge in [0.1, 0.15) is 10.8 Å². The second kappa shape index (κ2) is 5.23. The average Bonchev–Trinajstić information content (AvgIpc) is 2.77. The smallest absolute Gasteiger partial charge is 0.152 e. The summed E-state index contributed by atoms with van der Waals surface area (Å²) in [5, 5.41) is 4.13. The van der Waals surface area contributed by atoms with E-state index in [1.807, 2.05) is 30.3 Å². The lowest BCUT2D eigenvalue weighted by molar-refractivity contribution is 0.602. The van der Waals surface area contributed by atoms with Crippen molar-refractivity contribution in [1.29, 1.82) is 0 Å². The molecule has 0 spiro atoms. The van der Waals surface area contributed by atoms with Crippen molar-refractivity contribution in [3.8, 4) is 0 Å². The molecule has 1 aromatic heterocycles. The lowest BCUT2D eigenvalue weighted by Crippen LogP contribution is -2.24. The fraction of sp³-hybridized carbons (Fsp3) is 0.286. The zero-order valence-corrected chi connectivity index (χ0v) is 12.9. The summed E-state index contributed by atoms with van der Waals surface area (Å²) in [6, 6.07) is 9.40. The Morgan fingerprint density at radius 2 is 2.14 bits per heavy atom. The third-order valence-corrected chi connectivity index (χ3v) is 5.55. The van der Waals surface area contributed by atoms with Crippen LogP contribution in [0.5, 0.6) is 0 Å². The van der Waals surface area contributed by atoms with Crippen LogP contribution in [-0.4, -0.2) is 35.9 Å². The van der Waals surface area contributed by atoms with Crippen molar-refractivity contribution in [3.05, 3.63) is 35.9 Å². The number of thiocarbonyl (C=S) groups is 1. The number of hydrogen-bond acceptors (Lipinski definition) is 5. The molecule has 2 aromatic rings. The molecule has 1 unspecified atom stereocenters. The van der Waals surface area contributed by atoms with Crippen molar-refractivity contribution < 1.29 is 8.42 Å². The Hall–Kier alpha value is -1.73. The van der Waals surface area contributed by atoms with E-state index in [0.29, 0.717) is 17.8 Å². The molecule has 0 aliphatic carbocycles. The number of fused-ring (bicyclic) bond motifs is 1. The second-order valence-corrected chi connectivity index (χ2v) is 7.85. The molecule has 1 atom stereocenters. The highest BCUT2D eigenvalue weighted by Gasteiger charge is 2.28. The molecule has 1 aliphatic heterocycles. The molecule has 5 nitrogen and oxygen atoms in total. The van der Waals surface area contributed by atoms with E-state index in [1.165, 1.54) is 0 Å². The Morgan fingerprint density at radius 3 is 2.81 bits per heavy atom. The molecule has 21 heavy (non-hydrogen) atoms. The normalized spacial score (nSPS) is 20.5. The molecule has 0 amide bonds. The van der Waals surface area contributed by atoms with Gasteiger partial charge >= 0.3 is 0 Å². The van der Waals surface area contributed by atoms with Gasteiger partial charge in [0.15, 0.2) is 9.84 Å². The molecule has 110 valence electrons. The van der Waals surface area contributed by atoms with Gasteiger partial charge in [-0.15, -0.1) is 0 Å². The Kier molecular flexibility index (Phi) is 3.54. The SMILES string of the molecule is NC(=S)c1cc2ccccc2nc1NC1CCS(=O)(=O)C1. The fourth-order valence-electron chi connectivity index (χ4n) is 2.52. The van der Waals surface area contributed by atoms with Crippen LogP contribution in [0.2, 0.25) is 0 Å². The molecule has 1 saturated heterocycles. The number of rotatable bonds is 3. The molecule has 3 rings (SSSR count). The summed E-state index contributed by atoms with van der Waals surface area (Å²) in [5.41, 5.74) is 7.23. The third-order valence-electron chi connectivity index (χ3n) is 3.56. The van der Waals surface area contributed by atoms with E-state index in [0.717, 1.165) is 10.9 Å². The van der Waals surface area contributed by atoms with Crippen LogP contribution < -0.4 is 11.1 Å². The Bertz CT molecular complexity index is 818. The monoisotopic (exact) mass is 321 g/mol. The molecule has 0 radical (unpaired) electrons. The van der Waals surface area contributed by atoms with E-state index in [4.69, 9.17) is 18.0 Å². The number of anilines is 1. The maximum atomic E-state index is 11.6. The summed E-state index contributed by atoms with van der Waals surface area (Å²) >= 11 is 5.08. The van der Waals surface area contributed by atoms with Gasteiger partial charge in [-0.3, -0.25) is 0 Å². The zero-order chi connectivity index (χ0) is 15.0. The number of nitrogens with zero attached hydrogens (tertiary/aromatic N) is 1. The number of nitrogens with one attached hydrogen (secondary N) is 1. The first-order chi connectivity index (χ1) is 9.94. The first-order valence-corrected chi connectivity index (χ1v) is 8.84. The van der Waals surface area contributed by atoms with Crippen LogP contribution in [0, 0.1) is 0 Å². The van der Waals surface area contributed by atoms with E-state index in [9.17, 15) is 8.42 Å². The van der Waals surface area contributed by atoms with E-state index in [1.54, 1.807) is 0 Å². The Labute approximate surface area is 128 Å². The Balaban J connectivity index is 2.00. The van der Waals surface area contributed by atoms with Gasteiger partial charge in [0.2, 0.25) is 0 Å². The highest BCUT2D eigenvalue weighted by molar-refractivity contribution is 7.91. The minimum Gasteiger partial charge on any atom is -0.389 e. The van der Waals surface area contributed by atoms with Gasteiger partial charge in [0.25, 0.3) is 0 Å². The topological polar surface area (TPSA) is 85.1 Å². The lowest BCUT2D eigenvalue weighted by atomic mass is 10.1. The van der Waals surface area contributed by atoms with Gasteiger partial charge < -0.3 is 11.1 Å². The minimum atomic E-state index is -2.95. The van der Waals surface area contributed by atoms with Gasteiger partial charge in [-0.25, -0.2) is 13.4 Å². The molecule has 1 fully saturated rings. The van der Waals surface area contributed by atoms with E-state index in [-0.39, 0.29) is 22.5 Å². The number of nitrogens with two attached hydrogens (primary N) is 1. The first-order valence-electron chi connectivity index (χ1n) is 6.61. The summed E-state index contributed by atoms with van der Waals surface area (Å²) in [6.45, 7) is 0. The van der Waals surface area contributed by atoms with Gasteiger partial charge in [0, 0.05) is 11.4 Å². The Morgan fingerprint density at radius 1 is 1.38 bits per heavy atom. The molecule has 0 bridgehead atoms. The predicted octanol–water partition coefficient (Wildman–Crippen LogP) is 1.47. The number of sulfone groups is 1. The van der Waals surface area contributed by atoms with Crippen molar-refractivity contribution in [2.24, 2.45) is 5.73 Å². The van der Waals surface area contributed by atoms with Crippen LogP contribution in [0.1, 0.15) is 12.0 Å². The van der Waals surface area contributed by atoms with Crippen LogP contribution in [-0.2, 0) is 9.84 Å². The fourth-order valence-corrected chi connectivity index (χ4v) is 4.34. The predicted molar refractivity (Wildman–Crippen MR) is 88.3 cm³/mol. The maximum Gasteiger partial charge on any atom is 0.152 e. The van der Waals surface area contributed by atoms with Gasteiger partial charge in [-0.05, 0) is 18.6 Å². The number of hydrogen-bond donors (Lipinski definition) is 2. The standard InChI is InChI=1S/C14H15N3O2S2/c15-13(20)11-7-9-3-1-2-4-12(9)17-14(11)16-10-5-6-21(18,19)8-10/h1-4,7,10H,5-6,8H2,(H2,15,20)(H,16,17). The lowest BCUT2D eigenvalue weighted by Gasteiger charge is -2.15. The average molecular weight is 321 g/mol. The van der Waals surface area contributed by atoms with Crippen LogP contribution >= 0.6 is 12.2 Å². The molecule has 1 aliphatic rings. The van der Waals surface area contributed by atoms with Crippen LogP contribution in [0.4, 0.5) is 5.82 Å². The highest BCUT2D eigenvalue weighted by Crippen LogP contribution is 2.23. The molecule has 3 N–H and O–H groups in total. The largest absolute Gasteiger partial charge is 0.389 e.